The summed E-state index contributed by atoms with van der Waals surface area (Å²) in [5.74, 6) is 0.0786. The van der Waals surface area contributed by atoms with E-state index in [1.807, 2.05) is 32.9 Å². The van der Waals surface area contributed by atoms with Crippen LogP contribution in [-0.2, 0) is 0 Å². The van der Waals surface area contributed by atoms with Gasteiger partial charge in [0.15, 0.2) is 0 Å². The van der Waals surface area contributed by atoms with E-state index in [0.717, 1.165) is 11.3 Å². The minimum atomic E-state index is -0.431. The van der Waals surface area contributed by atoms with Gasteiger partial charge in [-0.05, 0) is 42.7 Å². The van der Waals surface area contributed by atoms with E-state index in [9.17, 15) is 4.79 Å². The summed E-state index contributed by atoms with van der Waals surface area (Å²) in [6, 6.07) is 14.2. The Hall–Kier alpha value is -2.30. The molecule has 0 radical (unpaired) electrons. The highest BCUT2D eigenvalue weighted by molar-refractivity contribution is 6.42. The lowest BCUT2D eigenvalue weighted by atomic mass is 10.1. The van der Waals surface area contributed by atoms with Gasteiger partial charge in [-0.2, -0.15) is 5.10 Å². The molecule has 6 heteroatoms. The monoisotopic (exact) mass is 388 g/mol. The van der Waals surface area contributed by atoms with E-state index >= 15 is 0 Å². The predicted octanol–water partition coefficient (Wildman–Crippen LogP) is 5.83. The van der Waals surface area contributed by atoms with E-state index in [1.54, 1.807) is 41.1 Å². The number of hydrogen-bond donors (Lipinski definition) is 0. The molecule has 1 aromatic heterocycles. The zero-order valence-electron chi connectivity index (χ0n) is 14.7. The van der Waals surface area contributed by atoms with Gasteiger partial charge >= 0.3 is 5.97 Å². The van der Waals surface area contributed by atoms with Crippen molar-refractivity contribution in [2.24, 2.45) is 0 Å². The van der Waals surface area contributed by atoms with E-state index in [1.165, 1.54) is 0 Å². The molecular weight excluding hydrogens is 371 g/mol. The molecule has 2 aromatic carbocycles. The lowest BCUT2D eigenvalue weighted by molar-refractivity contribution is 0.0722. The van der Waals surface area contributed by atoms with Gasteiger partial charge in [0.05, 0.1) is 27.0 Å². The Morgan fingerprint density at radius 3 is 2.46 bits per heavy atom. The quantitative estimate of drug-likeness (QED) is 0.528. The second-order valence-electron chi connectivity index (χ2n) is 6.28. The van der Waals surface area contributed by atoms with Crippen LogP contribution in [0.5, 0.6) is 5.88 Å². The lowest BCUT2D eigenvalue weighted by Gasteiger charge is -2.10. The van der Waals surface area contributed by atoms with Crippen LogP contribution in [0.3, 0.4) is 0 Å². The van der Waals surface area contributed by atoms with Gasteiger partial charge in [0.2, 0.25) is 5.88 Å². The van der Waals surface area contributed by atoms with Crippen LogP contribution in [-0.4, -0.2) is 15.7 Å². The van der Waals surface area contributed by atoms with Crippen molar-refractivity contribution < 1.29 is 9.53 Å². The van der Waals surface area contributed by atoms with Crippen LogP contribution in [0.4, 0.5) is 0 Å². The maximum atomic E-state index is 12.6. The van der Waals surface area contributed by atoms with Crippen molar-refractivity contribution in [3.63, 3.8) is 0 Å². The molecule has 0 aliphatic rings. The maximum Gasteiger partial charge on any atom is 0.345 e. The van der Waals surface area contributed by atoms with Crippen molar-refractivity contribution in [1.82, 2.24) is 9.78 Å². The first kappa shape index (κ1) is 18.5. The fraction of sp³-hybridized carbons (Fsp3) is 0.200. The third kappa shape index (κ3) is 3.76. The summed E-state index contributed by atoms with van der Waals surface area (Å²) in [4.78, 5) is 12.6. The van der Waals surface area contributed by atoms with E-state index < -0.39 is 5.97 Å². The number of hydrogen-bond acceptors (Lipinski definition) is 3. The number of rotatable bonds is 4. The summed E-state index contributed by atoms with van der Waals surface area (Å²) in [5.41, 5.74) is 2.84. The molecule has 0 N–H and O–H groups in total. The van der Waals surface area contributed by atoms with Gasteiger partial charge < -0.3 is 4.74 Å². The van der Waals surface area contributed by atoms with E-state index in [0.29, 0.717) is 27.2 Å². The number of carbonyl (C=O) groups is 1. The van der Waals surface area contributed by atoms with Crippen molar-refractivity contribution in [1.29, 1.82) is 0 Å². The zero-order valence-corrected chi connectivity index (χ0v) is 16.2. The molecule has 1 heterocycles. The molecular formula is C20H18Cl2N2O2. The lowest BCUT2D eigenvalue weighted by Crippen LogP contribution is -2.13. The molecule has 26 heavy (non-hydrogen) atoms. The smallest absolute Gasteiger partial charge is 0.345 e. The molecule has 0 atom stereocenters. The first-order valence-electron chi connectivity index (χ1n) is 8.20. The highest BCUT2D eigenvalue weighted by atomic mass is 35.5. The van der Waals surface area contributed by atoms with Gasteiger partial charge in [0, 0.05) is 6.07 Å². The van der Waals surface area contributed by atoms with Crippen molar-refractivity contribution in [2.75, 3.05) is 0 Å². The number of benzene rings is 2. The Bertz CT molecular complexity index is 964. The molecule has 3 rings (SSSR count). The molecule has 4 nitrogen and oxygen atoms in total. The van der Waals surface area contributed by atoms with E-state index in [-0.39, 0.29) is 5.92 Å². The molecule has 0 aliphatic heterocycles. The third-order valence-electron chi connectivity index (χ3n) is 4.00. The molecule has 0 saturated heterocycles. The summed E-state index contributed by atoms with van der Waals surface area (Å²) in [6.45, 7) is 5.91. The topological polar surface area (TPSA) is 44.1 Å². The molecule has 3 aromatic rings. The molecule has 0 unspecified atom stereocenters. The molecule has 0 bridgehead atoms. The van der Waals surface area contributed by atoms with Crippen LogP contribution >= 0.6 is 23.2 Å². The average molecular weight is 389 g/mol. The van der Waals surface area contributed by atoms with Crippen molar-refractivity contribution >= 4 is 29.2 Å². The standard InChI is InChI=1S/C20H18Cl2N2O2/c1-12(2)18-11-19(26-20(25)15-7-5-4-6-13(15)3)24(23-18)14-8-9-16(21)17(22)10-14/h4-12H,1-3H3. The number of aryl methyl sites for hydroxylation is 1. The second-order valence-corrected chi connectivity index (χ2v) is 7.09. The summed E-state index contributed by atoms with van der Waals surface area (Å²) in [6.07, 6.45) is 0. The van der Waals surface area contributed by atoms with Crippen molar-refractivity contribution in [2.45, 2.75) is 26.7 Å². The van der Waals surface area contributed by atoms with Gasteiger partial charge in [-0.15, -0.1) is 0 Å². The first-order chi connectivity index (χ1) is 12.4. The number of nitrogens with zero attached hydrogens (tertiary/aromatic N) is 2. The Morgan fingerprint density at radius 1 is 1.08 bits per heavy atom. The van der Waals surface area contributed by atoms with Gasteiger partial charge in [-0.25, -0.2) is 9.48 Å². The van der Waals surface area contributed by atoms with Crippen molar-refractivity contribution in [3.8, 4) is 11.6 Å². The highest BCUT2D eigenvalue weighted by Crippen LogP contribution is 2.29. The largest absolute Gasteiger partial charge is 0.404 e. The minimum Gasteiger partial charge on any atom is -0.404 e. The predicted molar refractivity (Wildman–Crippen MR) is 104 cm³/mol. The molecule has 0 aliphatic carbocycles. The van der Waals surface area contributed by atoms with Crippen LogP contribution < -0.4 is 4.74 Å². The number of carbonyl (C=O) groups excluding carboxylic acids is 1. The normalized spacial score (nSPS) is 11.0. The Kier molecular flexibility index (Phi) is 5.35. The Morgan fingerprint density at radius 2 is 1.81 bits per heavy atom. The van der Waals surface area contributed by atoms with Crippen molar-refractivity contribution in [3.05, 3.63) is 75.4 Å². The molecule has 0 spiro atoms. The highest BCUT2D eigenvalue weighted by Gasteiger charge is 2.18. The second kappa shape index (κ2) is 7.52. The van der Waals surface area contributed by atoms with E-state index in [4.69, 9.17) is 27.9 Å². The van der Waals surface area contributed by atoms with Gasteiger partial charge in [-0.3, -0.25) is 0 Å². The molecule has 0 fully saturated rings. The van der Waals surface area contributed by atoms with Crippen LogP contribution in [0.2, 0.25) is 10.0 Å². The Balaban J connectivity index is 2.02. The number of halogens is 2. The summed E-state index contributed by atoms with van der Waals surface area (Å²) in [7, 11) is 0. The SMILES string of the molecule is Cc1ccccc1C(=O)Oc1cc(C(C)C)nn1-c1ccc(Cl)c(Cl)c1. The van der Waals surface area contributed by atoms with Gasteiger partial charge in [-0.1, -0.05) is 55.2 Å². The third-order valence-corrected chi connectivity index (χ3v) is 4.74. The maximum absolute atomic E-state index is 12.6. The number of aromatic nitrogens is 2. The average Bonchev–Trinajstić information content (AvgIpc) is 3.02. The van der Waals surface area contributed by atoms with Crippen LogP contribution in [0.1, 0.15) is 41.4 Å². The summed E-state index contributed by atoms with van der Waals surface area (Å²) < 4.78 is 7.22. The van der Waals surface area contributed by atoms with Gasteiger partial charge in [0.1, 0.15) is 0 Å². The summed E-state index contributed by atoms with van der Waals surface area (Å²) in [5, 5.41) is 5.41. The van der Waals surface area contributed by atoms with E-state index in [2.05, 4.69) is 5.10 Å². The zero-order chi connectivity index (χ0) is 18.8. The van der Waals surface area contributed by atoms with Gasteiger partial charge in [0.25, 0.3) is 0 Å². The first-order valence-corrected chi connectivity index (χ1v) is 8.95. The van der Waals surface area contributed by atoms with Crippen LogP contribution in [0.25, 0.3) is 5.69 Å². The molecule has 134 valence electrons. The fourth-order valence-corrected chi connectivity index (χ4v) is 2.78. The Labute approximate surface area is 162 Å². The molecule has 0 saturated carbocycles. The van der Waals surface area contributed by atoms with Crippen LogP contribution in [0, 0.1) is 6.92 Å². The number of esters is 1. The molecule has 0 amide bonds. The van der Waals surface area contributed by atoms with Crippen LogP contribution in [0.15, 0.2) is 48.5 Å². The fourth-order valence-electron chi connectivity index (χ4n) is 2.49. The number of ether oxygens (including phenoxy) is 1. The summed E-state index contributed by atoms with van der Waals surface area (Å²) >= 11 is 12.1. The minimum absolute atomic E-state index is 0.176.